The number of aliphatic hydroxyl groups excluding tert-OH is 1. The van der Waals surface area contributed by atoms with E-state index in [1.807, 2.05) is 36.4 Å². The molecule has 130 valence electrons. The molecule has 24 heavy (non-hydrogen) atoms. The second kappa shape index (κ2) is 8.29. The molecule has 2 nitrogen and oxygen atoms in total. The number of hydrogen-bond acceptors (Lipinski definition) is 3. The van der Waals surface area contributed by atoms with Crippen molar-refractivity contribution in [1.29, 1.82) is 0 Å². The van der Waals surface area contributed by atoms with E-state index in [9.17, 15) is 8.99 Å². The molecule has 0 radical (unpaired) electrons. The van der Waals surface area contributed by atoms with Gasteiger partial charge in [-0.3, -0.25) is 0 Å². The summed E-state index contributed by atoms with van der Waals surface area (Å²) in [5.41, 5.74) is 0. The highest BCUT2D eigenvalue weighted by Gasteiger charge is 2.50. The SMILES string of the molecule is CC(C)(C)[Si](OCC(CO)SF)(c1ccccc1)c1ccccc1. The Morgan fingerprint density at radius 3 is 1.79 bits per heavy atom. The zero-order valence-corrected chi connectivity index (χ0v) is 16.2. The molecular formula is C19H25FO2SSi. The molecule has 2 rings (SSSR count). The predicted molar refractivity (Wildman–Crippen MR) is 103 cm³/mol. The molecule has 1 unspecified atom stereocenters. The van der Waals surface area contributed by atoms with E-state index in [0.29, 0.717) is 0 Å². The van der Waals surface area contributed by atoms with E-state index in [4.69, 9.17) is 4.43 Å². The maximum absolute atomic E-state index is 13.0. The van der Waals surface area contributed by atoms with Crippen LogP contribution in [0.25, 0.3) is 0 Å². The lowest BCUT2D eigenvalue weighted by Crippen LogP contribution is -2.67. The zero-order valence-electron chi connectivity index (χ0n) is 14.4. The molecular weight excluding hydrogens is 339 g/mol. The zero-order chi connectivity index (χ0) is 17.6. The predicted octanol–water partition coefficient (Wildman–Crippen LogP) is 3.54. The van der Waals surface area contributed by atoms with Crippen LogP contribution >= 0.6 is 12.1 Å². The highest BCUT2D eigenvalue weighted by molar-refractivity contribution is 7.95. The Bertz CT molecular complexity index is 573. The Morgan fingerprint density at radius 1 is 1.00 bits per heavy atom. The van der Waals surface area contributed by atoms with Gasteiger partial charge in [-0.15, -0.1) is 0 Å². The lowest BCUT2D eigenvalue weighted by molar-refractivity contribution is 0.232. The normalized spacial score (nSPS) is 13.7. The van der Waals surface area contributed by atoms with Crippen molar-refractivity contribution < 1.29 is 13.4 Å². The molecule has 5 heteroatoms. The number of rotatable bonds is 7. The topological polar surface area (TPSA) is 29.5 Å². The van der Waals surface area contributed by atoms with Crippen molar-refractivity contribution in [2.75, 3.05) is 13.2 Å². The van der Waals surface area contributed by atoms with E-state index in [0.717, 1.165) is 10.4 Å². The molecule has 2 aromatic rings. The first kappa shape index (κ1) is 19.2. The van der Waals surface area contributed by atoms with Gasteiger partial charge in [0.1, 0.15) is 0 Å². The fraction of sp³-hybridized carbons (Fsp3) is 0.368. The first-order chi connectivity index (χ1) is 11.5. The van der Waals surface area contributed by atoms with Crippen LogP contribution in [0, 0.1) is 0 Å². The van der Waals surface area contributed by atoms with Gasteiger partial charge in [0, 0.05) is 0 Å². The van der Waals surface area contributed by atoms with Crippen LogP contribution in [-0.2, 0) is 4.43 Å². The second-order valence-electron chi connectivity index (χ2n) is 6.87. The minimum atomic E-state index is -2.64. The number of hydrogen-bond donors (Lipinski definition) is 1. The van der Waals surface area contributed by atoms with Crippen molar-refractivity contribution in [2.24, 2.45) is 0 Å². The fourth-order valence-electron chi connectivity index (χ4n) is 3.09. The summed E-state index contributed by atoms with van der Waals surface area (Å²) in [6.07, 6.45) is 0. The average Bonchev–Trinajstić information content (AvgIpc) is 2.59. The van der Waals surface area contributed by atoms with Crippen LogP contribution in [0.15, 0.2) is 60.7 Å². The lowest BCUT2D eigenvalue weighted by atomic mass is 10.2. The van der Waals surface area contributed by atoms with Gasteiger partial charge in [0.15, 0.2) is 0 Å². The summed E-state index contributed by atoms with van der Waals surface area (Å²) in [6.45, 7) is 6.48. The molecule has 0 spiro atoms. The largest absolute Gasteiger partial charge is 0.406 e. The molecule has 0 heterocycles. The molecule has 0 bridgehead atoms. The minimum absolute atomic E-state index is 0.142. The van der Waals surface area contributed by atoms with Gasteiger partial charge in [0.05, 0.1) is 30.6 Å². The number of halogens is 1. The Hall–Kier alpha value is -1.14. The number of benzene rings is 2. The van der Waals surface area contributed by atoms with Crippen molar-refractivity contribution in [1.82, 2.24) is 0 Å². The summed E-state index contributed by atoms with van der Waals surface area (Å²) in [5, 5.41) is 10.9. The van der Waals surface area contributed by atoms with Crippen LogP contribution in [0.1, 0.15) is 20.8 Å². The van der Waals surface area contributed by atoms with Gasteiger partial charge >= 0.3 is 0 Å². The van der Waals surface area contributed by atoms with E-state index in [2.05, 4.69) is 45.0 Å². The van der Waals surface area contributed by atoms with Crippen molar-refractivity contribution in [3.63, 3.8) is 0 Å². The van der Waals surface area contributed by atoms with Crippen molar-refractivity contribution in [3.05, 3.63) is 60.7 Å². The van der Waals surface area contributed by atoms with Crippen LogP contribution in [0.5, 0.6) is 0 Å². The molecule has 0 aliphatic carbocycles. The summed E-state index contributed by atoms with van der Waals surface area (Å²) in [7, 11) is -2.64. The van der Waals surface area contributed by atoms with E-state index < -0.39 is 13.6 Å². The van der Waals surface area contributed by atoms with Gasteiger partial charge < -0.3 is 9.53 Å². The first-order valence-electron chi connectivity index (χ1n) is 8.09. The molecule has 0 saturated heterocycles. The first-order valence-corrected chi connectivity index (χ1v) is 10.8. The molecule has 0 amide bonds. The quantitative estimate of drug-likeness (QED) is 0.762. The fourth-order valence-corrected chi connectivity index (χ4v) is 7.99. The molecule has 0 saturated carbocycles. The van der Waals surface area contributed by atoms with Gasteiger partial charge in [-0.25, -0.2) is 0 Å². The Morgan fingerprint density at radius 2 is 1.46 bits per heavy atom. The smallest absolute Gasteiger partial charge is 0.261 e. The van der Waals surface area contributed by atoms with E-state index >= 15 is 0 Å². The summed E-state index contributed by atoms with van der Waals surface area (Å²) in [6, 6.07) is 20.4. The Labute approximate surface area is 149 Å². The highest BCUT2D eigenvalue weighted by atomic mass is 32.2. The van der Waals surface area contributed by atoms with Crippen LogP contribution in [0.3, 0.4) is 0 Å². The van der Waals surface area contributed by atoms with Crippen LogP contribution < -0.4 is 10.4 Å². The summed E-state index contributed by atoms with van der Waals surface area (Å²) >= 11 is 0.159. The third-order valence-electron chi connectivity index (χ3n) is 4.23. The van der Waals surface area contributed by atoms with Crippen molar-refractivity contribution in [3.8, 4) is 0 Å². The number of aliphatic hydroxyl groups is 1. The van der Waals surface area contributed by atoms with Crippen molar-refractivity contribution >= 4 is 30.8 Å². The summed E-state index contributed by atoms with van der Waals surface area (Å²) in [4.78, 5) is 0. The Kier molecular flexibility index (Phi) is 6.63. The molecule has 0 fully saturated rings. The molecule has 0 aromatic heterocycles. The van der Waals surface area contributed by atoms with Gasteiger partial charge in [0.25, 0.3) is 8.32 Å². The van der Waals surface area contributed by atoms with E-state index in [1.54, 1.807) is 0 Å². The third-order valence-corrected chi connectivity index (χ3v) is 9.77. The second-order valence-corrected chi connectivity index (χ2v) is 12.0. The lowest BCUT2D eigenvalue weighted by Gasteiger charge is -2.43. The van der Waals surface area contributed by atoms with Gasteiger partial charge in [-0.1, -0.05) is 81.4 Å². The third kappa shape index (κ3) is 3.91. The maximum atomic E-state index is 13.0. The molecule has 0 aliphatic heterocycles. The van der Waals surface area contributed by atoms with E-state index in [-0.39, 0.29) is 30.4 Å². The molecule has 2 aromatic carbocycles. The molecule has 0 aliphatic rings. The van der Waals surface area contributed by atoms with E-state index in [1.165, 1.54) is 0 Å². The molecule has 1 N–H and O–H groups in total. The van der Waals surface area contributed by atoms with Gasteiger partial charge in [0.2, 0.25) is 0 Å². The van der Waals surface area contributed by atoms with Gasteiger partial charge in [-0.05, 0) is 15.4 Å². The average molecular weight is 365 g/mol. The monoisotopic (exact) mass is 364 g/mol. The highest BCUT2D eigenvalue weighted by Crippen LogP contribution is 2.37. The van der Waals surface area contributed by atoms with Crippen molar-refractivity contribution in [2.45, 2.75) is 31.1 Å². The maximum Gasteiger partial charge on any atom is 0.261 e. The van der Waals surface area contributed by atoms with Crippen LogP contribution in [0.2, 0.25) is 5.04 Å². The standard InChI is InChI=1S/C19H25FO2SSi/c1-19(2,3)24(17-10-6-4-7-11-17,18-12-8-5-9-13-18)22-15-16(14-21)23-20/h4-13,16,21H,14-15H2,1-3H3. The van der Waals surface area contributed by atoms with Gasteiger partial charge in [-0.2, -0.15) is 3.89 Å². The Balaban J connectivity index is 2.57. The summed E-state index contributed by atoms with van der Waals surface area (Å²) in [5.74, 6) is 0. The molecule has 1 atom stereocenters. The van der Waals surface area contributed by atoms with Crippen LogP contribution in [0.4, 0.5) is 3.89 Å². The minimum Gasteiger partial charge on any atom is -0.406 e. The van der Waals surface area contributed by atoms with Crippen LogP contribution in [-0.4, -0.2) is 31.9 Å². The summed E-state index contributed by atoms with van der Waals surface area (Å²) < 4.78 is 19.6.